The van der Waals surface area contributed by atoms with Gasteiger partial charge in [0.25, 0.3) is 0 Å². The Labute approximate surface area is 156 Å². The first-order valence-corrected chi connectivity index (χ1v) is 9.32. The fraction of sp³-hybridized carbons (Fsp3) is 0.409. The number of nitrogens with zero attached hydrogens (tertiary/aromatic N) is 1. The maximum Gasteiger partial charge on any atom is 0.224 e. The summed E-state index contributed by atoms with van der Waals surface area (Å²) in [5, 5.41) is 3.14. The molecular weight excluding hydrogens is 324 g/mol. The lowest BCUT2D eigenvalue weighted by molar-refractivity contribution is -0.120. The number of carbonyl (C=O) groups is 1. The van der Waals surface area contributed by atoms with Gasteiger partial charge in [-0.25, -0.2) is 0 Å². The standard InChI is InChI=1S/C22H28N2O2/c1-17-6-8-20(9-7-17)21(24-10-12-26-13-11-24)16-23-22(25)15-19-5-3-4-18(2)14-19/h3-9,14,21H,10-13,15-16H2,1-2H3,(H,23,25)/t21-/m1/s1. The molecule has 1 atom stereocenters. The Kier molecular flexibility index (Phi) is 6.42. The van der Waals surface area contributed by atoms with Gasteiger partial charge in [-0.1, -0.05) is 59.7 Å². The van der Waals surface area contributed by atoms with Crippen LogP contribution in [-0.4, -0.2) is 43.7 Å². The van der Waals surface area contributed by atoms with Gasteiger partial charge in [-0.2, -0.15) is 0 Å². The number of hydrogen-bond acceptors (Lipinski definition) is 3. The number of carbonyl (C=O) groups excluding carboxylic acids is 1. The van der Waals surface area contributed by atoms with Gasteiger partial charge in [-0.05, 0) is 25.0 Å². The molecule has 26 heavy (non-hydrogen) atoms. The van der Waals surface area contributed by atoms with E-state index >= 15 is 0 Å². The Bertz CT molecular complexity index is 721. The van der Waals surface area contributed by atoms with Crippen LogP contribution in [0.25, 0.3) is 0 Å². The molecule has 1 saturated heterocycles. The third-order valence-corrected chi connectivity index (χ3v) is 4.89. The van der Waals surface area contributed by atoms with E-state index in [0.717, 1.165) is 31.9 Å². The van der Waals surface area contributed by atoms with E-state index in [1.165, 1.54) is 16.7 Å². The highest BCUT2D eigenvalue weighted by atomic mass is 16.5. The summed E-state index contributed by atoms with van der Waals surface area (Å²) < 4.78 is 5.49. The van der Waals surface area contributed by atoms with Gasteiger partial charge < -0.3 is 10.1 Å². The molecule has 0 spiro atoms. The van der Waals surface area contributed by atoms with Crippen LogP contribution in [0, 0.1) is 13.8 Å². The predicted molar refractivity (Wildman–Crippen MR) is 104 cm³/mol. The van der Waals surface area contributed by atoms with Crippen LogP contribution in [0.2, 0.25) is 0 Å². The molecule has 0 radical (unpaired) electrons. The molecule has 0 saturated carbocycles. The van der Waals surface area contributed by atoms with Crippen LogP contribution in [0.15, 0.2) is 48.5 Å². The lowest BCUT2D eigenvalue weighted by Crippen LogP contribution is -2.44. The number of ether oxygens (including phenoxy) is 1. The minimum absolute atomic E-state index is 0.0703. The summed E-state index contributed by atoms with van der Waals surface area (Å²) in [4.78, 5) is 14.8. The first-order valence-electron chi connectivity index (χ1n) is 9.32. The minimum Gasteiger partial charge on any atom is -0.379 e. The summed E-state index contributed by atoms with van der Waals surface area (Å²) in [6, 6.07) is 16.9. The van der Waals surface area contributed by atoms with Crippen molar-refractivity contribution < 1.29 is 9.53 Å². The highest BCUT2D eigenvalue weighted by Gasteiger charge is 2.23. The normalized spacial score (nSPS) is 16.2. The van der Waals surface area contributed by atoms with Crippen molar-refractivity contribution in [3.05, 3.63) is 70.8 Å². The Hall–Kier alpha value is -2.17. The van der Waals surface area contributed by atoms with Gasteiger partial charge in [-0.15, -0.1) is 0 Å². The molecule has 1 aliphatic rings. The van der Waals surface area contributed by atoms with Crippen LogP contribution in [0.4, 0.5) is 0 Å². The highest BCUT2D eigenvalue weighted by molar-refractivity contribution is 5.78. The van der Waals surface area contributed by atoms with E-state index in [2.05, 4.69) is 47.5 Å². The molecule has 0 bridgehead atoms. The molecular formula is C22H28N2O2. The van der Waals surface area contributed by atoms with E-state index in [0.29, 0.717) is 13.0 Å². The molecule has 0 aliphatic carbocycles. The molecule has 3 rings (SSSR count). The zero-order chi connectivity index (χ0) is 18.4. The zero-order valence-corrected chi connectivity index (χ0v) is 15.7. The Morgan fingerprint density at radius 3 is 2.50 bits per heavy atom. The van der Waals surface area contributed by atoms with Crippen LogP contribution in [0.5, 0.6) is 0 Å². The third-order valence-electron chi connectivity index (χ3n) is 4.89. The number of nitrogens with one attached hydrogen (secondary N) is 1. The molecule has 0 aromatic heterocycles. The molecule has 1 N–H and O–H groups in total. The lowest BCUT2D eigenvalue weighted by Gasteiger charge is -2.35. The van der Waals surface area contributed by atoms with Crippen molar-refractivity contribution in [1.29, 1.82) is 0 Å². The number of amides is 1. The van der Waals surface area contributed by atoms with E-state index in [1.54, 1.807) is 0 Å². The lowest BCUT2D eigenvalue weighted by atomic mass is 10.0. The van der Waals surface area contributed by atoms with E-state index in [1.807, 2.05) is 25.1 Å². The Balaban J connectivity index is 1.65. The van der Waals surface area contributed by atoms with Crippen molar-refractivity contribution in [3.8, 4) is 0 Å². The average Bonchev–Trinajstić information content (AvgIpc) is 2.64. The number of benzene rings is 2. The number of aryl methyl sites for hydroxylation is 2. The van der Waals surface area contributed by atoms with Crippen molar-refractivity contribution in [1.82, 2.24) is 10.2 Å². The third kappa shape index (κ3) is 5.16. The van der Waals surface area contributed by atoms with Crippen molar-refractivity contribution in [3.63, 3.8) is 0 Å². The number of morpholine rings is 1. The average molecular weight is 352 g/mol. The van der Waals surface area contributed by atoms with Gasteiger partial charge in [0.1, 0.15) is 0 Å². The van der Waals surface area contributed by atoms with Gasteiger partial charge >= 0.3 is 0 Å². The van der Waals surface area contributed by atoms with Crippen LogP contribution >= 0.6 is 0 Å². The van der Waals surface area contributed by atoms with Crippen molar-refractivity contribution in [2.45, 2.75) is 26.3 Å². The van der Waals surface area contributed by atoms with Crippen LogP contribution in [0.3, 0.4) is 0 Å². The van der Waals surface area contributed by atoms with Gasteiger partial charge in [0, 0.05) is 19.6 Å². The quantitative estimate of drug-likeness (QED) is 0.869. The zero-order valence-electron chi connectivity index (χ0n) is 15.7. The minimum atomic E-state index is 0.0703. The van der Waals surface area contributed by atoms with Gasteiger partial charge in [0.15, 0.2) is 0 Å². The van der Waals surface area contributed by atoms with Crippen molar-refractivity contribution >= 4 is 5.91 Å². The molecule has 4 nitrogen and oxygen atoms in total. The molecule has 2 aromatic rings. The monoisotopic (exact) mass is 352 g/mol. The highest BCUT2D eigenvalue weighted by Crippen LogP contribution is 2.22. The largest absolute Gasteiger partial charge is 0.379 e. The molecule has 2 aromatic carbocycles. The maximum atomic E-state index is 12.4. The molecule has 138 valence electrons. The van der Waals surface area contributed by atoms with E-state index in [-0.39, 0.29) is 11.9 Å². The van der Waals surface area contributed by atoms with Gasteiger partial charge in [-0.3, -0.25) is 9.69 Å². The van der Waals surface area contributed by atoms with Crippen LogP contribution < -0.4 is 5.32 Å². The number of rotatable bonds is 6. The fourth-order valence-corrected chi connectivity index (χ4v) is 3.42. The summed E-state index contributed by atoms with van der Waals surface area (Å²) in [7, 11) is 0. The van der Waals surface area contributed by atoms with Gasteiger partial charge in [0.2, 0.25) is 5.91 Å². The van der Waals surface area contributed by atoms with E-state index in [4.69, 9.17) is 4.74 Å². The summed E-state index contributed by atoms with van der Waals surface area (Å²) >= 11 is 0. The summed E-state index contributed by atoms with van der Waals surface area (Å²) in [6.45, 7) is 8.05. The molecule has 4 heteroatoms. The van der Waals surface area contributed by atoms with Crippen LogP contribution in [0.1, 0.15) is 28.3 Å². The maximum absolute atomic E-state index is 12.4. The summed E-state index contributed by atoms with van der Waals surface area (Å²) in [5.74, 6) is 0.0703. The first-order chi connectivity index (χ1) is 12.6. The number of hydrogen-bond donors (Lipinski definition) is 1. The first kappa shape index (κ1) is 18.6. The summed E-state index contributed by atoms with van der Waals surface area (Å²) in [6.07, 6.45) is 0.422. The SMILES string of the molecule is Cc1ccc([C@@H](CNC(=O)Cc2cccc(C)c2)N2CCOCC2)cc1. The van der Waals surface area contributed by atoms with E-state index < -0.39 is 0 Å². The molecule has 1 heterocycles. The van der Waals surface area contributed by atoms with Gasteiger partial charge in [0.05, 0.1) is 25.7 Å². The second-order valence-electron chi connectivity index (χ2n) is 7.04. The molecule has 1 fully saturated rings. The summed E-state index contributed by atoms with van der Waals surface area (Å²) in [5.41, 5.74) is 4.73. The Morgan fingerprint density at radius 2 is 1.81 bits per heavy atom. The second-order valence-corrected chi connectivity index (χ2v) is 7.04. The van der Waals surface area contributed by atoms with Crippen molar-refractivity contribution in [2.75, 3.05) is 32.8 Å². The topological polar surface area (TPSA) is 41.6 Å². The van der Waals surface area contributed by atoms with Crippen molar-refractivity contribution in [2.24, 2.45) is 0 Å². The second kappa shape index (κ2) is 8.97. The molecule has 1 amide bonds. The smallest absolute Gasteiger partial charge is 0.224 e. The Morgan fingerprint density at radius 1 is 1.08 bits per heavy atom. The fourth-order valence-electron chi connectivity index (χ4n) is 3.42. The molecule has 0 unspecified atom stereocenters. The molecule has 1 aliphatic heterocycles. The van der Waals surface area contributed by atoms with E-state index in [9.17, 15) is 4.79 Å². The predicted octanol–water partition coefficient (Wildman–Crippen LogP) is 3.04. The van der Waals surface area contributed by atoms with Crippen LogP contribution in [-0.2, 0) is 16.0 Å².